The fourth-order valence-corrected chi connectivity index (χ4v) is 2.49. The monoisotopic (exact) mass is 390 g/mol. The first-order valence-corrected chi connectivity index (χ1v) is 8.45. The van der Waals surface area contributed by atoms with Crippen LogP contribution in [0.4, 0.5) is 13.2 Å². The molecule has 0 atom stereocenters. The van der Waals surface area contributed by atoms with Gasteiger partial charge in [-0.15, -0.1) is 0 Å². The number of alkyl halides is 3. The lowest BCUT2D eigenvalue weighted by Crippen LogP contribution is -2.28. The Kier molecular flexibility index (Phi) is 5.98. The molecule has 146 valence electrons. The molecule has 3 aromatic rings. The van der Waals surface area contributed by atoms with Gasteiger partial charge in [0.2, 0.25) is 0 Å². The Morgan fingerprint density at radius 2 is 1.54 bits per heavy atom. The summed E-state index contributed by atoms with van der Waals surface area (Å²) in [5.74, 6) is 0.530. The van der Waals surface area contributed by atoms with E-state index in [1.165, 1.54) is 6.07 Å². The third-order valence-electron chi connectivity index (χ3n) is 3.78. The summed E-state index contributed by atoms with van der Waals surface area (Å²) in [5, 5.41) is 4.28. The number of nitrogens with zero attached hydrogens (tertiary/aromatic N) is 1. The van der Waals surface area contributed by atoms with Gasteiger partial charge in [0.05, 0.1) is 6.54 Å². The molecule has 0 fully saturated rings. The first-order valence-electron chi connectivity index (χ1n) is 8.45. The number of ether oxygens (including phenoxy) is 2. The standard InChI is InChI=1S/C20H17F3N2O3/c21-20(22,23)13-28-18-4-2-15-11-17(3-1-16(15)12-18)27-10-9-25-19(26)14-5-7-24-8-6-14/h1-8,11-12H,9-10,13H2,(H,25,26). The van der Waals surface area contributed by atoms with E-state index in [0.717, 1.165) is 10.8 Å². The third-order valence-corrected chi connectivity index (χ3v) is 3.78. The van der Waals surface area contributed by atoms with Crippen molar-refractivity contribution in [1.29, 1.82) is 0 Å². The van der Waals surface area contributed by atoms with Crippen LogP contribution in [-0.2, 0) is 0 Å². The van der Waals surface area contributed by atoms with Gasteiger partial charge in [0.15, 0.2) is 6.61 Å². The van der Waals surface area contributed by atoms with E-state index in [0.29, 0.717) is 17.9 Å². The van der Waals surface area contributed by atoms with Gasteiger partial charge in [0, 0.05) is 18.0 Å². The number of aromatic nitrogens is 1. The number of carbonyl (C=O) groups is 1. The Morgan fingerprint density at radius 1 is 0.929 bits per heavy atom. The van der Waals surface area contributed by atoms with E-state index in [4.69, 9.17) is 9.47 Å². The fourth-order valence-electron chi connectivity index (χ4n) is 2.49. The highest BCUT2D eigenvalue weighted by atomic mass is 19.4. The number of fused-ring (bicyclic) bond motifs is 1. The van der Waals surface area contributed by atoms with Gasteiger partial charge in [0.1, 0.15) is 18.1 Å². The highest BCUT2D eigenvalue weighted by Crippen LogP contribution is 2.26. The van der Waals surface area contributed by atoms with Crippen LogP contribution in [0.1, 0.15) is 10.4 Å². The zero-order chi connectivity index (χ0) is 20.0. The first-order chi connectivity index (χ1) is 13.4. The molecule has 1 N–H and O–H groups in total. The predicted octanol–water partition coefficient (Wildman–Crippen LogP) is 3.98. The molecule has 1 aromatic heterocycles. The number of benzene rings is 2. The lowest BCUT2D eigenvalue weighted by Gasteiger charge is -2.11. The maximum atomic E-state index is 12.2. The van der Waals surface area contributed by atoms with Crippen LogP contribution in [0.2, 0.25) is 0 Å². The molecule has 0 aliphatic carbocycles. The van der Waals surface area contributed by atoms with Gasteiger partial charge < -0.3 is 14.8 Å². The molecule has 0 aliphatic rings. The van der Waals surface area contributed by atoms with Crippen LogP contribution >= 0.6 is 0 Å². The largest absolute Gasteiger partial charge is 0.492 e. The second-order valence-electron chi connectivity index (χ2n) is 5.91. The Labute approximate surface area is 159 Å². The van der Waals surface area contributed by atoms with Crippen LogP contribution in [0.3, 0.4) is 0 Å². The smallest absolute Gasteiger partial charge is 0.422 e. The lowest BCUT2D eigenvalue weighted by molar-refractivity contribution is -0.153. The molecule has 5 nitrogen and oxygen atoms in total. The Balaban J connectivity index is 1.52. The molecule has 0 saturated heterocycles. The number of hydrogen-bond acceptors (Lipinski definition) is 4. The van der Waals surface area contributed by atoms with E-state index < -0.39 is 12.8 Å². The molecule has 0 unspecified atom stereocenters. The minimum absolute atomic E-state index is 0.150. The molecule has 28 heavy (non-hydrogen) atoms. The van der Waals surface area contributed by atoms with Crippen LogP contribution in [-0.4, -0.2) is 36.8 Å². The SMILES string of the molecule is O=C(NCCOc1ccc2cc(OCC(F)(F)F)ccc2c1)c1ccncc1. The van der Waals surface area contributed by atoms with Crippen molar-refractivity contribution in [2.24, 2.45) is 0 Å². The molecule has 1 heterocycles. The third kappa shape index (κ3) is 5.60. The number of carbonyl (C=O) groups excluding carboxylic acids is 1. The van der Waals surface area contributed by atoms with Crippen LogP contribution in [0, 0.1) is 0 Å². The zero-order valence-electron chi connectivity index (χ0n) is 14.7. The number of rotatable bonds is 7. The van der Waals surface area contributed by atoms with Gasteiger partial charge in [-0.05, 0) is 47.2 Å². The lowest BCUT2D eigenvalue weighted by atomic mass is 10.1. The normalized spacial score (nSPS) is 11.2. The molecule has 3 rings (SSSR count). The van der Waals surface area contributed by atoms with Crippen LogP contribution in [0.5, 0.6) is 11.5 Å². The molecular formula is C20H17F3N2O3. The van der Waals surface area contributed by atoms with E-state index in [2.05, 4.69) is 10.3 Å². The van der Waals surface area contributed by atoms with Crippen LogP contribution < -0.4 is 14.8 Å². The second-order valence-corrected chi connectivity index (χ2v) is 5.91. The highest BCUT2D eigenvalue weighted by molar-refractivity contribution is 5.93. The first kappa shape index (κ1) is 19.5. The van der Waals surface area contributed by atoms with Gasteiger partial charge in [-0.2, -0.15) is 13.2 Å². The predicted molar refractivity (Wildman–Crippen MR) is 97.6 cm³/mol. The molecule has 2 aromatic carbocycles. The van der Waals surface area contributed by atoms with Crippen molar-refractivity contribution in [3.63, 3.8) is 0 Å². The second kappa shape index (κ2) is 8.60. The average Bonchev–Trinajstić information content (AvgIpc) is 2.69. The average molecular weight is 390 g/mol. The number of nitrogens with one attached hydrogen (secondary N) is 1. The van der Waals surface area contributed by atoms with Crippen molar-refractivity contribution in [3.05, 3.63) is 66.5 Å². The van der Waals surface area contributed by atoms with E-state index >= 15 is 0 Å². The molecule has 0 saturated carbocycles. The van der Waals surface area contributed by atoms with E-state index in [1.54, 1.807) is 54.9 Å². The van der Waals surface area contributed by atoms with Crippen molar-refractivity contribution in [2.75, 3.05) is 19.8 Å². The minimum Gasteiger partial charge on any atom is -0.492 e. The summed E-state index contributed by atoms with van der Waals surface area (Å²) in [6.45, 7) is -0.733. The van der Waals surface area contributed by atoms with Crippen molar-refractivity contribution in [2.45, 2.75) is 6.18 Å². The van der Waals surface area contributed by atoms with Gasteiger partial charge in [-0.3, -0.25) is 9.78 Å². The Morgan fingerprint density at radius 3 is 2.14 bits per heavy atom. The summed E-state index contributed by atoms with van der Waals surface area (Å²) in [6.07, 6.45) is -1.29. The summed E-state index contributed by atoms with van der Waals surface area (Å²) in [4.78, 5) is 15.8. The fraction of sp³-hybridized carbons (Fsp3) is 0.200. The molecule has 8 heteroatoms. The Hall–Kier alpha value is -3.29. The quantitative estimate of drug-likeness (QED) is 0.620. The maximum absolute atomic E-state index is 12.2. The molecule has 0 radical (unpaired) electrons. The van der Waals surface area contributed by atoms with Gasteiger partial charge in [0.25, 0.3) is 5.91 Å². The summed E-state index contributed by atoms with van der Waals surface area (Å²) in [7, 11) is 0. The molecular weight excluding hydrogens is 373 g/mol. The molecule has 0 aliphatic heterocycles. The summed E-state index contributed by atoms with van der Waals surface area (Å²) >= 11 is 0. The maximum Gasteiger partial charge on any atom is 0.422 e. The summed E-state index contributed by atoms with van der Waals surface area (Å²) < 4.78 is 47.1. The molecule has 1 amide bonds. The number of hydrogen-bond donors (Lipinski definition) is 1. The topological polar surface area (TPSA) is 60.5 Å². The van der Waals surface area contributed by atoms with E-state index in [9.17, 15) is 18.0 Å². The van der Waals surface area contributed by atoms with E-state index in [1.807, 2.05) is 0 Å². The van der Waals surface area contributed by atoms with Gasteiger partial charge in [-0.25, -0.2) is 0 Å². The molecule has 0 spiro atoms. The van der Waals surface area contributed by atoms with E-state index in [-0.39, 0.29) is 18.3 Å². The molecule has 0 bridgehead atoms. The highest BCUT2D eigenvalue weighted by Gasteiger charge is 2.28. The van der Waals surface area contributed by atoms with Crippen molar-refractivity contribution in [1.82, 2.24) is 10.3 Å². The number of amides is 1. The Bertz CT molecular complexity index is 946. The zero-order valence-corrected chi connectivity index (χ0v) is 14.7. The van der Waals surface area contributed by atoms with Crippen molar-refractivity contribution < 1.29 is 27.4 Å². The number of halogens is 3. The minimum atomic E-state index is -4.38. The number of pyridine rings is 1. The summed E-state index contributed by atoms with van der Waals surface area (Å²) in [6, 6.07) is 13.1. The van der Waals surface area contributed by atoms with Crippen LogP contribution in [0.15, 0.2) is 60.9 Å². The van der Waals surface area contributed by atoms with Crippen molar-refractivity contribution >= 4 is 16.7 Å². The van der Waals surface area contributed by atoms with Crippen LogP contribution in [0.25, 0.3) is 10.8 Å². The van der Waals surface area contributed by atoms with Gasteiger partial charge in [-0.1, -0.05) is 12.1 Å². The van der Waals surface area contributed by atoms with Gasteiger partial charge >= 0.3 is 6.18 Å². The summed E-state index contributed by atoms with van der Waals surface area (Å²) in [5.41, 5.74) is 0.518. The van der Waals surface area contributed by atoms with Crippen molar-refractivity contribution in [3.8, 4) is 11.5 Å².